The van der Waals surface area contributed by atoms with Crippen LogP contribution >= 0.6 is 0 Å². The van der Waals surface area contributed by atoms with Gasteiger partial charge in [-0.1, -0.05) is 0 Å². The van der Waals surface area contributed by atoms with E-state index in [1.165, 1.54) is 49.1 Å². The number of benzene rings is 2. The van der Waals surface area contributed by atoms with Crippen molar-refractivity contribution in [3.8, 4) is 0 Å². The van der Waals surface area contributed by atoms with E-state index in [4.69, 9.17) is 13.6 Å². The van der Waals surface area contributed by atoms with Gasteiger partial charge in [0, 0.05) is 24.2 Å². The summed E-state index contributed by atoms with van der Waals surface area (Å²) in [6.07, 6.45) is 0. The Morgan fingerprint density at radius 1 is 1.10 bits per heavy atom. The van der Waals surface area contributed by atoms with Crippen LogP contribution in [-0.4, -0.2) is 26.1 Å². The van der Waals surface area contributed by atoms with Crippen LogP contribution < -0.4 is 10.5 Å². The average Bonchev–Trinajstić information content (AvgIpc) is 3.15. The molecule has 0 aliphatic heterocycles. The summed E-state index contributed by atoms with van der Waals surface area (Å²) in [6.45, 7) is 1.62. The van der Waals surface area contributed by atoms with Crippen LogP contribution in [0.15, 0.2) is 54.9 Å². The van der Waals surface area contributed by atoms with E-state index in [0.717, 1.165) is 0 Å². The first-order valence-electron chi connectivity index (χ1n) is 8.45. The Bertz CT molecular complexity index is 1440. The lowest BCUT2D eigenvalue weighted by Gasteiger charge is -2.08. The first-order chi connectivity index (χ1) is 13.7. The smallest absolute Gasteiger partial charge is 0.419 e. The highest BCUT2D eigenvalue weighted by Crippen LogP contribution is 2.30. The number of aromatic nitrogens is 1. The summed E-state index contributed by atoms with van der Waals surface area (Å²) in [4.78, 5) is 23.6. The SMILES string of the molecule is COC(=O)c1c(C)oc2ccc(NS(=O)(=O)c3ccc4c(c3)oc(=O)n4C)cc12. The highest BCUT2D eigenvalue weighted by atomic mass is 32.2. The minimum Gasteiger partial charge on any atom is -0.465 e. The molecule has 0 radical (unpaired) electrons. The lowest BCUT2D eigenvalue weighted by Crippen LogP contribution is -2.13. The number of sulfonamides is 1. The number of hydrogen-bond acceptors (Lipinski definition) is 7. The first kappa shape index (κ1) is 18.8. The third kappa shape index (κ3) is 3.07. The number of anilines is 1. The van der Waals surface area contributed by atoms with Crippen molar-refractivity contribution >= 4 is 43.7 Å². The van der Waals surface area contributed by atoms with Crippen LogP contribution in [0.5, 0.6) is 0 Å². The highest BCUT2D eigenvalue weighted by molar-refractivity contribution is 7.92. The summed E-state index contributed by atoms with van der Waals surface area (Å²) in [5.74, 6) is -0.791. The van der Waals surface area contributed by atoms with Gasteiger partial charge in [-0.15, -0.1) is 0 Å². The molecule has 0 spiro atoms. The number of carbonyl (C=O) groups is 1. The second kappa shape index (κ2) is 6.52. The topological polar surface area (TPSA) is 121 Å². The fourth-order valence-electron chi connectivity index (χ4n) is 3.13. The average molecular weight is 416 g/mol. The summed E-state index contributed by atoms with van der Waals surface area (Å²) in [7, 11) is -1.19. The Hall–Kier alpha value is -3.53. The van der Waals surface area contributed by atoms with Crippen molar-refractivity contribution in [3.05, 3.63) is 58.3 Å². The van der Waals surface area contributed by atoms with E-state index >= 15 is 0 Å². The largest absolute Gasteiger partial charge is 0.465 e. The van der Waals surface area contributed by atoms with Gasteiger partial charge in [-0.05, 0) is 37.3 Å². The number of nitrogens with zero attached hydrogens (tertiary/aromatic N) is 1. The van der Waals surface area contributed by atoms with Gasteiger partial charge in [0.05, 0.1) is 17.5 Å². The molecule has 2 aromatic carbocycles. The van der Waals surface area contributed by atoms with Gasteiger partial charge in [-0.3, -0.25) is 9.29 Å². The quantitative estimate of drug-likeness (QED) is 0.508. The summed E-state index contributed by atoms with van der Waals surface area (Å²) in [5.41, 5.74) is 1.54. The molecule has 0 amide bonds. The lowest BCUT2D eigenvalue weighted by atomic mass is 10.1. The number of furan rings is 1. The zero-order valence-corrected chi connectivity index (χ0v) is 16.5. The molecule has 10 heteroatoms. The monoisotopic (exact) mass is 416 g/mol. The van der Waals surface area contributed by atoms with Crippen molar-refractivity contribution in [2.45, 2.75) is 11.8 Å². The second-order valence-electron chi connectivity index (χ2n) is 6.40. The van der Waals surface area contributed by atoms with E-state index in [1.807, 2.05) is 0 Å². The number of oxazole rings is 1. The number of rotatable bonds is 4. The van der Waals surface area contributed by atoms with Crippen LogP contribution in [0.2, 0.25) is 0 Å². The molecule has 0 bridgehead atoms. The molecule has 0 aliphatic carbocycles. The van der Waals surface area contributed by atoms with Gasteiger partial charge in [0.25, 0.3) is 10.0 Å². The van der Waals surface area contributed by atoms with Crippen molar-refractivity contribution in [3.63, 3.8) is 0 Å². The molecule has 0 unspecified atom stereocenters. The van der Waals surface area contributed by atoms with E-state index in [1.54, 1.807) is 13.0 Å². The summed E-state index contributed by atoms with van der Waals surface area (Å²) in [5, 5.41) is 0.430. The van der Waals surface area contributed by atoms with Crippen LogP contribution in [0.3, 0.4) is 0 Å². The number of methoxy groups -OCH3 is 1. The maximum atomic E-state index is 12.8. The van der Waals surface area contributed by atoms with Crippen molar-refractivity contribution in [1.29, 1.82) is 0 Å². The molecule has 2 heterocycles. The number of carbonyl (C=O) groups excluding carboxylic acids is 1. The predicted molar refractivity (Wildman–Crippen MR) is 105 cm³/mol. The molecule has 0 saturated carbocycles. The van der Waals surface area contributed by atoms with E-state index in [0.29, 0.717) is 22.2 Å². The fourth-order valence-corrected chi connectivity index (χ4v) is 4.20. The molecule has 0 aliphatic rings. The first-order valence-corrected chi connectivity index (χ1v) is 9.93. The zero-order chi connectivity index (χ0) is 20.9. The lowest BCUT2D eigenvalue weighted by molar-refractivity contribution is 0.0600. The number of nitrogens with one attached hydrogen (secondary N) is 1. The van der Waals surface area contributed by atoms with Gasteiger partial charge < -0.3 is 13.6 Å². The number of aryl methyl sites for hydroxylation is 2. The number of ether oxygens (including phenoxy) is 1. The highest BCUT2D eigenvalue weighted by Gasteiger charge is 2.21. The molecule has 29 heavy (non-hydrogen) atoms. The van der Waals surface area contributed by atoms with Crippen molar-refractivity contribution in [2.24, 2.45) is 7.05 Å². The number of esters is 1. The van der Waals surface area contributed by atoms with E-state index in [9.17, 15) is 18.0 Å². The van der Waals surface area contributed by atoms with Crippen molar-refractivity contribution in [2.75, 3.05) is 11.8 Å². The molecule has 2 aromatic heterocycles. The summed E-state index contributed by atoms with van der Waals surface area (Å²) >= 11 is 0. The minimum atomic E-state index is -3.98. The van der Waals surface area contributed by atoms with Crippen LogP contribution in [0.25, 0.3) is 22.1 Å². The normalized spacial score (nSPS) is 11.8. The van der Waals surface area contributed by atoms with E-state index in [-0.39, 0.29) is 21.7 Å². The third-order valence-corrected chi connectivity index (χ3v) is 5.96. The molecular formula is C19H16N2O7S. The van der Waals surface area contributed by atoms with Crippen LogP contribution in [0, 0.1) is 6.92 Å². The maximum Gasteiger partial charge on any atom is 0.419 e. The Morgan fingerprint density at radius 2 is 1.86 bits per heavy atom. The Labute approximate surface area is 164 Å². The standard InChI is InChI=1S/C19H16N2O7S/c1-10-17(18(22)26-3)13-8-11(4-7-15(13)27-10)20-29(24,25)12-5-6-14-16(9-12)28-19(23)21(14)2/h4-9,20H,1-3H3. The molecule has 0 atom stereocenters. The number of hydrogen-bond donors (Lipinski definition) is 1. The zero-order valence-electron chi connectivity index (χ0n) is 15.7. The van der Waals surface area contributed by atoms with E-state index < -0.39 is 21.7 Å². The van der Waals surface area contributed by atoms with Gasteiger partial charge in [-0.25, -0.2) is 18.0 Å². The summed E-state index contributed by atoms with van der Waals surface area (Å²) < 4.78 is 44.7. The van der Waals surface area contributed by atoms with Gasteiger partial charge >= 0.3 is 11.7 Å². The molecule has 0 fully saturated rings. The fraction of sp³-hybridized carbons (Fsp3) is 0.158. The van der Waals surface area contributed by atoms with Gasteiger partial charge in [-0.2, -0.15) is 0 Å². The third-order valence-electron chi connectivity index (χ3n) is 4.58. The van der Waals surface area contributed by atoms with Crippen LogP contribution in [0.1, 0.15) is 16.1 Å². The molecule has 0 saturated heterocycles. The van der Waals surface area contributed by atoms with Crippen molar-refractivity contribution < 1.29 is 26.8 Å². The molecular weight excluding hydrogens is 400 g/mol. The molecule has 150 valence electrons. The Kier molecular flexibility index (Phi) is 4.23. The van der Waals surface area contributed by atoms with E-state index in [2.05, 4.69) is 4.72 Å². The van der Waals surface area contributed by atoms with Crippen LogP contribution in [-0.2, 0) is 21.8 Å². The van der Waals surface area contributed by atoms with Crippen molar-refractivity contribution in [1.82, 2.24) is 4.57 Å². The van der Waals surface area contributed by atoms with Gasteiger partial charge in [0.1, 0.15) is 16.9 Å². The maximum absolute atomic E-state index is 12.8. The second-order valence-corrected chi connectivity index (χ2v) is 8.08. The molecule has 1 N–H and O–H groups in total. The predicted octanol–water partition coefficient (Wildman–Crippen LogP) is 2.77. The summed E-state index contributed by atoms with van der Waals surface area (Å²) in [6, 6.07) is 8.72. The van der Waals surface area contributed by atoms with Gasteiger partial charge in [0.15, 0.2) is 5.58 Å². The molecule has 4 aromatic rings. The molecule has 4 rings (SSSR count). The molecule has 9 nitrogen and oxygen atoms in total. The minimum absolute atomic E-state index is 0.0731. The van der Waals surface area contributed by atoms with Crippen LogP contribution in [0.4, 0.5) is 5.69 Å². The number of fused-ring (bicyclic) bond motifs is 2. The Morgan fingerprint density at radius 3 is 2.59 bits per heavy atom. The Balaban J connectivity index is 1.75. The van der Waals surface area contributed by atoms with Gasteiger partial charge in [0.2, 0.25) is 0 Å².